The molecular formula is C19H24N6O3S. The van der Waals surface area contributed by atoms with E-state index in [0.29, 0.717) is 40.8 Å². The number of hydrogen-bond donors (Lipinski definition) is 2. The van der Waals surface area contributed by atoms with Gasteiger partial charge in [-0.1, -0.05) is 44.7 Å². The van der Waals surface area contributed by atoms with Crippen LogP contribution in [-0.2, 0) is 11.3 Å². The predicted octanol–water partition coefficient (Wildman–Crippen LogP) is 2.03. The van der Waals surface area contributed by atoms with E-state index >= 15 is 0 Å². The fourth-order valence-corrected chi connectivity index (χ4v) is 3.63. The van der Waals surface area contributed by atoms with Crippen molar-refractivity contribution in [3.8, 4) is 0 Å². The van der Waals surface area contributed by atoms with Crippen LogP contribution in [0.4, 0.5) is 4.79 Å². The quantitative estimate of drug-likeness (QED) is 0.570. The average molecular weight is 417 g/mol. The predicted molar refractivity (Wildman–Crippen MR) is 112 cm³/mol. The van der Waals surface area contributed by atoms with Crippen molar-refractivity contribution in [2.24, 2.45) is 5.92 Å². The second-order valence-electron chi connectivity index (χ2n) is 7.03. The zero-order chi connectivity index (χ0) is 21.0. The van der Waals surface area contributed by atoms with Crippen LogP contribution < -0.4 is 16.2 Å². The Morgan fingerprint density at radius 3 is 2.69 bits per heavy atom. The van der Waals surface area contributed by atoms with Gasteiger partial charge in [-0.2, -0.15) is 0 Å². The molecule has 3 rings (SSSR count). The largest absolute Gasteiger partial charge is 0.338 e. The number of hydrogen-bond acceptors (Lipinski definition) is 6. The number of nitrogens with zero attached hydrogens (tertiary/aromatic N) is 4. The molecule has 9 nitrogen and oxygen atoms in total. The lowest BCUT2D eigenvalue weighted by molar-refractivity contribution is -0.117. The Balaban J connectivity index is 1.85. The third-order valence-electron chi connectivity index (χ3n) is 4.18. The molecule has 0 aliphatic carbocycles. The van der Waals surface area contributed by atoms with E-state index in [2.05, 4.69) is 20.8 Å². The molecule has 0 aliphatic heterocycles. The summed E-state index contributed by atoms with van der Waals surface area (Å²) >= 11 is 1.16. The first-order chi connectivity index (χ1) is 13.9. The third kappa shape index (κ3) is 4.58. The number of rotatable bonds is 7. The standard InChI is InChI=1S/C19H24N6O3S/c1-4-9-24-16(27)13-7-5-6-8-14(13)25-18(24)22-23-19(25)29-11-15(26)21-17(28)20-10-12(2)3/h5-8,12H,4,9-11H2,1-3H3,(H2,20,21,26,28). The summed E-state index contributed by atoms with van der Waals surface area (Å²) in [4.78, 5) is 36.7. The maximum atomic E-state index is 12.8. The maximum Gasteiger partial charge on any atom is 0.321 e. The van der Waals surface area contributed by atoms with E-state index < -0.39 is 11.9 Å². The number of carbonyl (C=O) groups excluding carboxylic acids is 2. The zero-order valence-corrected chi connectivity index (χ0v) is 17.5. The Hall–Kier alpha value is -2.88. The molecule has 0 aliphatic rings. The van der Waals surface area contributed by atoms with Gasteiger partial charge in [0.15, 0.2) is 5.16 Å². The SMILES string of the molecule is CCCn1c(=O)c2ccccc2n2c(SCC(=O)NC(=O)NCC(C)C)nnc12. The number of nitrogens with one attached hydrogen (secondary N) is 2. The number of imide groups is 1. The number of urea groups is 1. The summed E-state index contributed by atoms with van der Waals surface area (Å²) in [6.07, 6.45) is 0.775. The van der Waals surface area contributed by atoms with Gasteiger partial charge in [0.25, 0.3) is 5.56 Å². The molecule has 0 spiro atoms. The summed E-state index contributed by atoms with van der Waals surface area (Å²) < 4.78 is 3.38. The van der Waals surface area contributed by atoms with Gasteiger partial charge in [-0.15, -0.1) is 10.2 Å². The van der Waals surface area contributed by atoms with E-state index in [4.69, 9.17) is 0 Å². The van der Waals surface area contributed by atoms with Crippen molar-refractivity contribution in [1.29, 1.82) is 0 Å². The molecule has 10 heteroatoms. The molecule has 0 atom stereocenters. The number of benzene rings is 1. The molecule has 0 saturated carbocycles. The van der Waals surface area contributed by atoms with E-state index in [1.54, 1.807) is 15.0 Å². The molecule has 1 aromatic carbocycles. The van der Waals surface area contributed by atoms with Gasteiger partial charge in [-0.25, -0.2) is 4.79 Å². The Labute approximate surface area is 171 Å². The van der Waals surface area contributed by atoms with Crippen LogP contribution in [0, 0.1) is 5.92 Å². The number of aromatic nitrogens is 4. The normalized spacial score (nSPS) is 11.3. The van der Waals surface area contributed by atoms with Crippen molar-refractivity contribution >= 4 is 40.4 Å². The molecule has 0 radical (unpaired) electrons. The molecule has 29 heavy (non-hydrogen) atoms. The van der Waals surface area contributed by atoms with Crippen LogP contribution >= 0.6 is 11.8 Å². The molecule has 3 amide bonds. The number of fused-ring (bicyclic) bond motifs is 3. The Morgan fingerprint density at radius 2 is 1.97 bits per heavy atom. The van der Waals surface area contributed by atoms with Crippen molar-refractivity contribution in [1.82, 2.24) is 29.8 Å². The van der Waals surface area contributed by atoms with Gasteiger partial charge in [-0.05, 0) is 24.5 Å². The van der Waals surface area contributed by atoms with Crippen LogP contribution in [0.1, 0.15) is 27.2 Å². The Kier molecular flexibility index (Phi) is 6.53. The summed E-state index contributed by atoms with van der Waals surface area (Å²) in [7, 11) is 0. The second kappa shape index (κ2) is 9.08. The highest BCUT2D eigenvalue weighted by molar-refractivity contribution is 7.99. The van der Waals surface area contributed by atoms with Crippen LogP contribution in [0.2, 0.25) is 0 Å². The van der Waals surface area contributed by atoms with E-state index in [1.165, 1.54) is 0 Å². The van der Waals surface area contributed by atoms with Crippen LogP contribution in [0.5, 0.6) is 0 Å². The number of aryl methyl sites for hydroxylation is 1. The Morgan fingerprint density at radius 1 is 1.21 bits per heavy atom. The number of amides is 3. The molecule has 154 valence electrons. The topological polar surface area (TPSA) is 110 Å². The smallest absolute Gasteiger partial charge is 0.321 e. The Bertz CT molecular complexity index is 1100. The van der Waals surface area contributed by atoms with E-state index in [1.807, 2.05) is 39.0 Å². The maximum absolute atomic E-state index is 12.8. The minimum atomic E-state index is -0.516. The summed E-state index contributed by atoms with van der Waals surface area (Å²) in [5.74, 6) is 0.297. The van der Waals surface area contributed by atoms with Gasteiger partial charge in [0, 0.05) is 13.1 Å². The van der Waals surface area contributed by atoms with Gasteiger partial charge in [0.1, 0.15) is 0 Å². The van der Waals surface area contributed by atoms with Crippen molar-refractivity contribution in [2.75, 3.05) is 12.3 Å². The number of thioether (sulfide) groups is 1. The van der Waals surface area contributed by atoms with E-state index in [0.717, 1.165) is 18.2 Å². The molecular weight excluding hydrogens is 392 g/mol. The molecule has 2 aromatic heterocycles. The van der Waals surface area contributed by atoms with Crippen LogP contribution in [0.25, 0.3) is 16.7 Å². The van der Waals surface area contributed by atoms with Crippen molar-refractivity contribution in [2.45, 2.75) is 38.9 Å². The summed E-state index contributed by atoms with van der Waals surface area (Å²) in [5.41, 5.74) is 0.570. The van der Waals surface area contributed by atoms with Crippen LogP contribution in [0.15, 0.2) is 34.2 Å². The van der Waals surface area contributed by atoms with Crippen molar-refractivity contribution < 1.29 is 9.59 Å². The van der Waals surface area contributed by atoms with Gasteiger partial charge < -0.3 is 5.32 Å². The van der Waals surface area contributed by atoms with Crippen molar-refractivity contribution in [3.63, 3.8) is 0 Å². The molecule has 0 unspecified atom stereocenters. The molecule has 0 saturated heterocycles. The summed E-state index contributed by atoms with van der Waals surface area (Å²) in [6.45, 7) is 6.93. The van der Waals surface area contributed by atoms with Gasteiger partial charge in [0.05, 0.1) is 16.7 Å². The number of carbonyl (C=O) groups is 2. The highest BCUT2D eigenvalue weighted by atomic mass is 32.2. The molecule has 3 aromatic rings. The first-order valence-electron chi connectivity index (χ1n) is 9.49. The van der Waals surface area contributed by atoms with Crippen LogP contribution in [0.3, 0.4) is 0 Å². The first kappa shape index (κ1) is 20.8. The van der Waals surface area contributed by atoms with E-state index in [9.17, 15) is 14.4 Å². The molecule has 2 heterocycles. The lowest BCUT2D eigenvalue weighted by atomic mass is 10.2. The average Bonchev–Trinajstić information content (AvgIpc) is 3.12. The summed E-state index contributed by atoms with van der Waals surface area (Å²) in [5, 5.41) is 14.3. The van der Waals surface area contributed by atoms with Gasteiger partial charge in [0.2, 0.25) is 11.7 Å². The minimum Gasteiger partial charge on any atom is -0.338 e. The monoisotopic (exact) mass is 416 g/mol. The second-order valence-corrected chi connectivity index (χ2v) is 7.98. The third-order valence-corrected chi connectivity index (χ3v) is 5.11. The lowest BCUT2D eigenvalue weighted by Gasteiger charge is -2.10. The molecule has 0 bridgehead atoms. The fourth-order valence-electron chi connectivity index (χ4n) is 2.89. The van der Waals surface area contributed by atoms with Crippen molar-refractivity contribution in [3.05, 3.63) is 34.6 Å². The summed E-state index contributed by atoms with van der Waals surface area (Å²) in [6, 6.07) is 6.73. The number of para-hydroxylation sites is 1. The molecule has 2 N–H and O–H groups in total. The lowest BCUT2D eigenvalue weighted by Crippen LogP contribution is -2.41. The minimum absolute atomic E-state index is 0.00285. The fraction of sp³-hybridized carbons (Fsp3) is 0.421. The van der Waals surface area contributed by atoms with Gasteiger partial charge >= 0.3 is 6.03 Å². The van der Waals surface area contributed by atoms with Crippen LogP contribution in [-0.4, -0.2) is 43.4 Å². The molecule has 0 fully saturated rings. The van der Waals surface area contributed by atoms with E-state index in [-0.39, 0.29) is 11.3 Å². The highest BCUT2D eigenvalue weighted by Crippen LogP contribution is 2.21. The highest BCUT2D eigenvalue weighted by Gasteiger charge is 2.17. The van der Waals surface area contributed by atoms with Gasteiger partial charge in [-0.3, -0.25) is 23.9 Å². The zero-order valence-electron chi connectivity index (χ0n) is 16.6. The first-order valence-corrected chi connectivity index (χ1v) is 10.5.